The third-order valence-electron chi connectivity index (χ3n) is 5.06. The maximum absolute atomic E-state index is 12.7. The molecule has 0 bridgehead atoms. The van der Waals surface area contributed by atoms with Gasteiger partial charge in [-0.2, -0.15) is 0 Å². The molecule has 0 saturated carbocycles. The van der Waals surface area contributed by atoms with Crippen molar-refractivity contribution >= 4 is 5.91 Å². The van der Waals surface area contributed by atoms with Crippen molar-refractivity contribution in [3.8, 4) is 0 Å². The lowest BCUT2D eigenvalue weighted by Gasteiger charge is -2.20. The topological polar surface area (TPSA) is 29.1 Å². The number of benzene rings is 3. The number of aryl methyl sites for hydroxylation is 4. The lowest BCUT2D eigenvalue weighted by atomic mass is 9.97. The van der Waals surface area contributed by atoms with Crippen LogP contribution in [0.15, 0.2) is 72.8 Å². The van der Waals surface area contributed by atoms with Gasteiger partial charge >= 0.3 is 0 Å². The Morgan fingerprint density at radius 2 is 1.48 bits per heavy atom. The average molecular weight is 357 g/mol. The fourth-order valence-corrected chi connectivity index (χ4v) is 3.21. The first-order valence-electron chi connectivity index (χ1n) is 9.50. The quantitative estimate of drug-likeness (QED) is 0.624. The van der Waals surface area contributed by atoms with Crippen LogP contribution in [-0.2, 0) is 11.2 Å². The van der Waals surface area contributed by atoms with Gasteiger partial charge in [-0.05, 0) is 55.0 Å². The van der Waals surface area contributed by atoms with E-state index in [0.29, 0.717) is 6.42 Å². The maximum atomic E-state index is 12.7. The Morgan fingerprint density at radius 1 is 0.815 bits per heavy atom. The second-order valence-electron chi connectivity index (χ2n) is 7.24. The minimum absolute atomic E-state index is 0.0719. The molecule has 0 aliphatic carbocycles. The van der Waals surface area contributed by atoms with E-state index in [1.54, 1.807) is 0 Å². The first-order valence-corrected chi connectivity index (χ1v) is 9.50. The third kappa shape index (κ3) is 5.07. The summed E-state index contributed by atoms with van der Waals surface area (Å²) in [6.07, 6.45) is 1.24. The Balaban J connectivity index is 1.72. The van der Waals surface area contributed by atoms with Crippen molar-refractivity contribution in [2.75, 3.05) is 0 Å². The van der Waals surface area contributed by atoms with E-state index in [1.165, 1.54) is 22.3 Å². The highest BCUT2D eigenvalue weighted by Gasteiger charge is 2.16. The van der Waals surface area contributed by atoms with Gasteiger partial charge in [0.05, 0.1) is 6.04 Å². The largest absolute Gasteiger partial charge is 0.345 e. The molecule has 3 rings (SSSR count). The number of hydrogen-bond donors (Lipinski definition) is 1. The SMILES string of the molecule is Cc1ccc([C@@H](NC(=O)CCc2ccc(C)c(C)c2)c2ccccc2)cc1. The van der Waals surface area contributed by atoms with E-state index in [1.807, 2.05) is 18.2 Å². The van der Waals surface area contributed by atoms with Gasteiger partial charge in [-0.15, -0.1) is 0 Å². The predicted octanol–water partition coefficient (Wildman–Crippen LogP) is 5.45. The van der Waals surface area contributed by atoms with Crippen LogP contribution in [0, 0.1) is 20.8 Å². The van der Waals surface area contributed by atoms with Crippen LogP contribution in [0.5, 0.6) is 0 Å². The summed E-state index contributed by atoms with van der Waals surface area (Å²) in [5.41, 5.74) is 7.18. The minimum atomic E-state index is -0.126. The number of carbonyl (C=O) groups is 1. The molecule has 3 aromatic rings. The number of hydrogen-bond acceptors (Lipinski definition) is 1. The maximum Gasteiger partial charge on any atom is 0.221 e. The van der Waals surface area contributed by atoms with Gasteiger partial charge in [0, 0.05) is 6.42 Å². The monoisotopic (exact) mass is 357 g/mol. The highest BCUT2D eigenvalue weighted by molar-refractivity contribution is 5.77. The molecule has 1 amide bonds. The number of amides is 1. The molecule has 27 heavy (non-hydrogen) atoms. The highest BCUT2D eigenvalue weighted by Crippen LogP contribution is 2.23. The minimum Gasteiger partial charge on any atom is -0.345 e. The van der Waals surface area contributed by atoms with Gasteiger partial charge < -0.3 is 5.32 Å². The van der Waals surface area contributed by atoms with Crippen LogP contribution >= 0.6 is 0 Å². The van der Waals surface area contributed by atoms with E-state index in [-0.39, 0.29) is 11.9 Å². The lowest BCUT2D eigenvalue weighted by Crippen LogP contribution is -2.29. The van der Waals surface area contributed by atoms with Crippen molar-refractivity contribution in [1.82, 2.24) is 5.32 Å². The fourth-order valence-electron chi connectivity index (χ4n) is 3.21. The summed E-state index contributed by atoms with van der Waals surface area (Å²) >= 11 is 0. The average Bonchev–Trinajstić information content (AvgIpc) is 2.68. The van der Waals surface area contributed by atoms with E-state index >= 15 is 0 Å². The smallest absolute Gasteiger partial charge is 0.221 e. The fraction of sp³-hybridized carbons (Fsp3) is 0.240. The molecule has 0 aromatic heterocycles. The summed E-state index contributed by atoms with van der Waals surface area (Å²) < 4.78 is 0. The van der Waals surface area contributed by atoms with E-state index in [2.05, 4.69) is 80.7 Å². The third-order valence-corrected chi connectivity index (χ3v) is 5.06. The standard InChI is InChI=1S/C25H27NO/c1-18-9-14-23(15-10-18)25(22-7-5-4-6-8-22)26-24(27)16-13-21-12-11-19(2)20(3)17-21/h4-12,14-15,17,25H,13,16H2,1-3H3,(H,26,27)/t25-/m0/s1. The van der Waals surface area contributed by atoms with Gasteiger partial charge in [-0.1, -0.05) is 78.4 Å². The Hall–Kier alpha value is -2.87. The van der Waals surface area contributed by atoms with Crippen LogP contribution in [0.4, 0.5) is 0 Å². The molecule has 2 nitrogen and oxygen atoms in total. The van der Waals surface area contributed by atoms with Gasteiger partial charge in [0.1, 0.15) is 0 Å². The summed E-state index contributed by atoms with van der Waals surface area (Å²) in [4.78, 5) is 12.7. The molecule has 1 atom stereocenters. The number of nitrogens with one attached hydrogen (secondary N) is 1. The molecule has 0 heterocycles. The molecule has 1 N–H and O–H groups in total. The summed E-state index contributed by atoms with van der Waals surface area (Å²) in [5.74, 6) is 0.0719. The van der Waals surface area contributed by atoms with Crippen molar-refractivity contribution < 1.29 is 4.79 Å². The summed E-state index contributed by atoms with van der Waals surface area (Å²) in [6, 6.07) is 24.8. The lowest BCUT2D eigenvalue weighted by molar-refractivity contribution is -0.121. The Labute approximate surface area is 162 Å². The zero-order valence-corrected chi connectivity index (χ0v) is 16.3. The molecule has 3 aromatic carbocycles. The van der Waals surface area contributed by atoms with Crippen molar-refractivity contribution in [3.05, 3.63) is 106 Å². The molecular formula is C25H27NO. The van der Waals surface area contributed by atoms with E-state index in [9.17, 15) is 4.79 Å². The van der Waals surface area contributed by atoms with E-state index in [0.717, 1.165) is 17.5 Å². The molecule has 0 spiro atoms. The molecule has 0 aliphatic heterocycles. The zero-order valence-electron chi connectivity index (χ0n) is 16.3. The van der Waals surface area contributed by atoms with E-state index in [4.69, 9.17) is 0 Å². The number of rotatable bonds is 6. The first-order chi connectivity index (χ1) is 13.0. The van der Waals surface area contributed by atoms with Crippen LogP contribution in [-0.4, -0.2) is 5.91 Å². The Kier molecular flexibility index (Phi) is 6.08. The number of carbonyl (C=O) groups excluding carboxylic acids is 1. The van der Waals surface area contributed by atoms with Crippen LogP contribution < -0.4 is 5.32 Å². The van der Waals surface area contributed by atoms with Crippen molar-refractivity contribution in [2.45, 2.75) is 39.7 Å². The molecule has 138 valence electrons. The van der Waals surface area contributed by atoms with Gasteiger partial charge in [-0.25, -0.2) is 0 Å². The highest BCUT2D eigenvalue weighted by atomic mass is 16.1. The Bertz CT molecular complexity index is 897. The molecule has 0 fully saturated rings. The van der Waals surface area contributed by atoms with Gasteiger partial charge in [0.2, 0.25) is 5.91 Å². The summed E-state index contributed by atoms with van der Waals surface area (Å²) in [6.45, 7) is 6.29. The van der Waals surface area contributed by atoms with Crippen LogP contribution in [0.1, 0.15) is 45.8 Å². The molecule has 0 saturated heterocycles. The molecule has 0 aliphatic rings. The van der Waals surface area contributed by atoms with Crippen molar-refractivity contribution in [3.63, 3.8) is 0 Å². The molecule has 0 unspecified atom stereocenters. The van der Waals surface area contributed by atoms with Gasteiger partial charge in [0.25, 0.3) is 0 Å². The second-order valence-corrected chi connectivity index (χ2v) is 7.24. The second kappa shape index (κ2) is 8.68. The first kappa shape index (κ1) is 18.9. The summed E-state index contributed by atoms with van der Waals surface area (Å²) in [5, 5.41) is 3.23. The molecular weight excluding hydrogens is 330 g/mol. The van der Waals surface area contributed by atoms with Crippen LogP contribution in [0.25, 0.3) is 0 Å². The normalized spacial score (nSPS) is 11.8. The predicted molar refractivity (Wildman–Crippen MR) is 112 cm³/mol. The summed E-state index contributed by atoms with van der Waals surface area (Å²) in [7, 11) is 0. The van der Waals surface area contributed by atoms with Crippen molar-refractivity contribution in [1.29, 1.82) is 0 Å². The zero-order chi connectivity index (χ0) is 19.2. The van der Waals surface area contributed by atoms with E-state index < -0.39 is 0 Å². The van der Waals surface area contributed by atoms with Gasteiger partial charge in [0.15, 0.2) is 0 Å². The van der Waals surface area contributed by atoms with Crippen molar-refractivity contribution in [2.24, 2.45) is 0 Å². The van der Waals surface area contributed by atoms with Crippen LogP contribution in [0.2, 0.25) is 0 Å². The molecule has 2 heteroatoms. The van der Waals surface area contributed by atoms with Crippen LogP contribution in [0.3, 0.4) is 0 Å². The Morgan fingerprint density at radius 3 is 2.15 bits per heavy atom. The van der Waals surface area contributed by atoms with Gasteiger partial charge in [-0.3, -0.25) is 4.79 Å². The molecule has 0 radical (unpaired) electrons.